The van der Waals surface area contributed by atoms with Gasteiger partial charge in [-0.1, -0.05) is 11.6 Å². The van der Waals surface area contributed by atoms with Gasteiger partial charge in [0.05, 0.1) is 6.61 Å². The number of benzene rings is 1. The van der Waals surface area contributed by atoms with Crippen molar-refractivity contribution >= 4 is 23.5 Å². The first-order valence-electron chi connectivity index (χ1n) is 7.28. The van der Waals surface area contributed by atoms with Gasteiger partial charge < -0.3 is 9.64 Å². The maximum Gasteiger partial charge on any atom is 0.328 e. The third kappa shape index (κ3) is 3.56. The number of amides is 1. The number of carbonyl (C=O) groups is 2. The highest BCUT2D eigenvalue weighted by Gasteiger charge is 2.33. The van der Waals surface area contributed by atoms with Crippen molar-refractivity contribution in [3.63, 3.8) is 0 Å². The third-order valence-electron chi connectivity index (χ3n) is 3.73. The van der Waals surface area contributed by atoms with Gasteiger partial charge in [-0.05, 0) is 56.9 Å². The standard InChI is InChI=1S/C16H20ClNO3/c1-3-21-16(20)14-6-4-5-9-18(14)15(19)12-7-8-13(17)11(2)10-12/h7-8,10,14H,3-6,9H2,1-2H3/t14-/m1/s1. The van der Waals surface area contributed by atoms with Crippen LogP contribution in [0.15, 0.2) is 18.2 Å². The second kappa shape index (κ2) is 6.94. The van der Waals surface area contributed by atoms with Crippen LogP contribution >= 0.6 is 11.6 Å². The van der Waals surface area contributed by atoms with Crippen LogP contribution in [0.25, 0.3) is 0 Å². The molecule has 21 heavy (non-hydrogen) atoms. The van der Waals surface area contributed by atoms with Crippen molar-refractivity contribution in [3.8, 4) is 0 Å². The topological polar surface area (TPSA) is 46.6 Å². The Morgan fingerprint density at radius 2 is 2.14 bits per heavy atom. The molecule has 1 aromatic rings. The maximum atomic E-state index is 12.7. The number of piperidine rings is 1. The van der Waals surface area contributed by atoms with Gasteiger partial charge >= 0.3 is 5.97 Å². The summed E-state index contributed by atoms with van der Waals surface area (Å²) in [6.07, 6.45) is 2.51. The molecule has 1 aliphatic rings. The average molecular weight is 310 g/mol. The van der Waals surface area contributed by atoms with Crippen LogP contribution in [0.5, 0.6) is 0 Å². The molecule has 1 heterocycles. The van der Waals surface area contributed by atoms with Crippen LogP contribution in [0, 0.1) is 6.92 Å². The molecule has 0 aromatic heterocycles. The van der Waals surface area contributed by atoms with Crippen LogP contribution in [0.2, 0.25) is 5.02 Å². The minimum absolute atomic E-state index is 0.132. The molecule has 0 N–H and O–H groups in total. The van der Waals surface area contributed by atoms with Crippen molar-refractivity contribution in [3.05, 3.63) is 34.3 Å². The van der Waals surface area contributed by atoms with Crippen molar-refractivity contribution in [2.24, 2.45) is 0 Å². The maximum absolute atomic E-state index is 12.7. The fourth-order valence-corrected chi connectivity index (χ4v) is 2.72. The Morgan fingerprint density at radius 1 is 1.38 bits per heavy atom. The number of likely N-dealkylation sites (tertiary alicyclic amines) is 1. The average Bonchev–Trinajstić information content (AvgIpc) is 2.49. The molecular formula is C16H20ClNO3. The molecular weight excluding hydrogens is 290 g/mol. The number of ether oxygens (including phenoxy) is 1. The van der Waals surface area contributed by atoms with Crippen molar-refractivity contribution in [2.75, 3.05) is 13.2 Å². The molecule has 0 aliphatic carbocycles. The lowest BCUT2D eigenvalue weighted by Crippen LogP contribution is -2.48. The van der Waals surface area contributed by atoms with Gasteiger partial charge in [-0.2, -0.15) is 0 Å². The first kappa shape index (κ1) is 15.8. The molecule has 1 aliphatic heterocycles. The fourth-order valence-electron chi connectivity index (χ4n) is 2.60. The number of carbonyl (C=O) groups excluding carboxylic acids is 2. The quantitative estimate of drug-likeness (QED) is 0.806. The summed E-state index contributed by atoms with van der Waals surface area (Å²) in [6, 6.07) is 4.71. The van der Waals surface area contributed by atoms with Gasteiger partial charge in [0.25, 0.3) is 5.91 Å². The van der Waals surface area contributed by atoms with Gasteiger partial charge in [-0.25, -0.2) is 4.79 Å². The molecule has 1 aromatic carbocycles. The molecule has 1 amide bonds. The van der Waals surface area contributed by atoms with Crippen LogP contribution in [-0.4, -0.2) is 36.0 Å². The minimum Gasteiger partial charge on any atom is -0.464 e. The largest absolute Gasteiger partial charge is 0.464 e. The van der Waals surface area contributed by atoms with E-state index in [1.807, 2.05) is 6.92 Å². The molecule has 4 nitrogen and oxygen atoms in total. The van der Waals surface area contributed by atoms with E-state index in [-0.39, 0.29) is 11.9 Å². The highest BCUT2D eigenvalue weighted by molar-refractivity contribution is 6.31. The van der Waals surface area contributed by atoms with Gasteiger partial charge in [-0.3, -0.25) is 4.79 Å². The van der Waals surface area contributed by atoms with Crippen LogP contribution in [0.4, 0.5) is 0 Å². The first-order valence-corrected chi connectivity index (χ1v) is 7.66. The highest BCUT2D eigenvalue weighted by atomic mass is 35.5. The molecule has 5 heteroatoms. The molecule has 0 radical (unpaired) electrons. The van der Waals surface area contributed by atoms with E-state index in [0.717, 1.165) is 18.4 Å². The Kier molecular flexibility index (Phi) is 5.23. The molecule has 1 saturated heterocycles. The van der Waals surface area contributed by atoms with E-state index in [1.165, 1.54) is 0 Å². The summed E-state index contributed by atoms with van der Waals surface area (Å²) >= 11 is 5.99. The lowest BCUT2D eigenvalue weighted by Gasteiger charge is -2.34. The summed E-state index contributed by atoms with van der Waals surface area (Å²) in [5.41, 5.74) is 1.42. The smallest absolute Gasteiger partial charge is 0.328 e. The molecule has 0 unspecified atom stereocenters. The van der Waals surface area contributed by atoms with E-state index in [1.54, 1.807) is 30.0 Å². The number of esters is 1. The lowest BCUT2D eigenvalue weighted by atomic mass is 10.0. The monoisotopic (exact) mass is 309 g/mol. The number of nitrogens with zero attached hydrogens (tertiary/aromatic N) is 1. The van der Waals surface area contributed by atoms with Crippen molar-refractivity contribution in [1.29, 1.82) is 0 Å². The summed E-state index contributed by atoms with van der Waals surface area (Å²) in [5.74, 6) is -0.441. The van der Waals surface area contributed by atoms with E-state index in [0.29, 0.717) is 30.2 Å². The SMILES string of the molecule is CCOC(=O)[C@H]1CCCCN1C(=O)c1ccc(Cl)c(C)c1. The van der Waals surface area contributed by atoms with Gasteiger partial charge in [0.15, 0.2) is 0 Å². The summed E-state index contributed by atoms with van der Waals surface area (Å²) < 4.78 is 5.09. The lowest BCUT2D eigenvalue weighted by molar-refractivity contribution is -0.149. The molecule has 114 valence electrons. The number of rotatable bonds is 3. The molecule has 2 rings (SSSR count). The van der Waals surface area contributed by atoms with Gasteiger partial charge in [0.2, 0.25) is 0 Å². The molecule has 0 spiro atoms. The molecule has 1 atom stereocenters. The third-order valence-corrected chi connectivity index (χ3v) is 4.15. The highest BCUT2D eigenvalue weighted by Crippen LogP contribution is 2.23. The molecule has 0 bridgehead atoms. The Balaban J connectivity index is 2.21. The summed E-state index contributed by atoms with van der Waals surface area (Å²) in [4.78, 5) is 26.3. The Morgan fingerprint density at radius 3 is 2.81 bits per heavy atom. The fraction of sp³-hybridized carbons (Fsp3) is 0.500. The molecule has 1 fully saturated rings. The summed E-state index contributed by atoms with van der Waals surface area (Å²) in [5, 5.41) is 0.632. The van der Waals surface area contributed by atoms with Gasteiger partial charge in [0, 0.05) is 17.1 Å². The van der Waals surface area contributed by atoms with E-state index < -0.39 is 6.04 Å². The number of hydrogen-bond donors (Lipinski definition) is 0. The number of hydrogen-bond acceptors (Lipinski definition) is 3. The van der Waals surface area contributed by atoms with E-state index in [9.17, 15) is 9.59 Å². The molecule has 0 saturated carbocycles. The van der Waals surface area contributed by atoms with Gasteiger partial charge in [0.1, 0.15) is 6.04 Å². The zero-order valence-corrected chi connectivity index (χ0v) is 13.2. The number of halogens is 1. The zero-order valence-electron chi connectivity index (χ0n) is 12.4. The minimum atomic E-state index is -0.470. The Bertz CT molecular complexity index is 544. The zero-order chi connectivity index (χ0) is 15.4. The van der Waals surface area contributed by atoms with Crippen molar-refractivity contribution in [1.82, 2.24) is 4.90 Å². The van der Waals surface area contributed by atoms with E-state index in [2.05, 4.69) is 0 Å². The second-order valence-electron chi connectivity index (χ2n) is 5.23. The Hall–Kier alpha value is -1.55. The van der Waals surface area contributed by atoms with Crippen LogP contribution < -0.4 is 0 Å². The normalized spacial score (nSPS) is 18.4. The predicted molar refractivity (Wildman–Crippen MR) is 81.5 cm³/mol. The number of aryl methyl sites for hydroxylation is 1. The first-order chi connectivity index (χ1) is 10.0. The Labute approximate surface area is 130 Å². The van der Waals surface area contributed by atoms with Crippen molar-refractivity contribution in [2.45, 2.75) is 39.2 Å². The van der Waals surface area contributed by atoms with E-state index in [4.69, 9.17) is 16.3 Å². The van der Waals surface area contributed by atoms with Crippen LogP contribution in [0.1, 0.15) is 42.1 Å². The predicted octanol–water partition coefficient (Wildman–Crippen LogP) is 3.21. The summed E-state index contributed by atoms with van der Waals surface area (Å²) in [7, 11) is 0. The van der Waals surface area contributed by atoms with E-state index >= 15 is 0 Å². The van der Waals surface area contributed by atoms with Gasteiger partial charge in [-0.15, -0.1) is 0 Å². The second-order valence-corrected chi connectivity index (χ2v) is 5.63. The summed E-state index contributed by atoms with van der Waals surface area (Å²) in [6.45, 7) is 4.55. The van der Waals surface area contributed by atoms with Crippen molar-refractivity contribution < 1.29 is 14.3 Å². The van der Waals surface area contributed by atoms with Crippen LogP contribution in [0.3, 0.4) is 0 Å². The van der Waals surface area contributed by atoms with Crippen LogP contribution in [-0.2, 0) is 9.53 Å².